The normalized spacial score (nSPS) is 10.7. The van der Waals surface area contributed by atoms with Crippen LogP contribution in [-0.2, 0) is 0 Å². The summed E-state index contributed by atoms with van der Waals surface area (Å²) >= 11 is 1.51. The summed E-state index contributed by atoms with van der Waals surface area (Å²) in [6, 6.07) is 1.79. The average Bonchev–Trinajstić information content (AvgIpc) is 2.25. The molecule has 0 aromatic carbocycles. The van der Waals surface area contributed by atoms with Gasteiger partial charge in [0.2, 0.25) is 0 Å². The van der Waals surface area contributed by atoms with Gasteiger partial charge in [-0.1, -0.05) is 25.1 Å². The Balaban J connectivity index is 2.50. The summed E-state index contributed by atoms with van der Waals surface area (Å²) in [5.41, 5.74) is 2.86. The van der Waals surface area contributed by atoms with E-state index in [1.165, 1.54) is 11.8 Å². The molecule has 0 spiro atoms. The number of nitrogens with one attached hydrogen (secondary N) is 1. The van der Waals surface area contributed by atoms with E-state index in [9.17, 15) is 0 Å². The second-order valence-corrected chi connectivity index (χ2v) is 3.41. The molecule has 1 rings (SSSR count). The van der Waals surface area contributed by atoms with Gasteiger partial charge in [-0.25, -0.2) is 9.97 Å². The van der Waals surface area contributed by atoms with Crippen molar-refractivity contribution in [1.82, 2.24) is 9.97 Å². The quantitative estimate of drug-likeness (QED) is 0.351. The van der Waals surface area contributed by atoms with Gasteiger partial charge in [0.1, 0.15) is 0 Å². The van der Waals surface area contributed by atoms with Gasteiger partial charge < -0.3 is 0 Å². The van der Waals surface area contributed by atoms with E-state index in [-0.39, 0.29) is 0 Å². The molecule has 1 aromatic heterocycles. The van der Waals surface area contributed by atoms with Crippen LogP contribution >= 0.6 is 11.8 Å². The Morgan fingerprint density at radius 2 is 2.50 bits per heavy atom. The number of aromatic nitrogens is 2. The van der Waals surface area contributed by atoms with Gasteiger partial charge in [0.15, 0.2) is 11.0 Å². The Bertz CT molecular complexity index is 301. The fourth-order valence-corrected chi connectivity index (χ4v) is 1.16. The third-order valence-corrected chi connectivity index (χ3v) is 2.07. The van der Waals surface area contributed by atoms with Gasteiger partial charge in [-0.3, -0.25) is 5.43 Å². The van der Waals surface area contributed by atoms with Gasteiger partial charge in [0, 0.05) is 18.5 Å². The molecule has 1 heterocycles. The van der Waals surface area contributed by atoms with E-state index >= 15 is 0 Å². The Labute approximate surface area is 88.2 Å². The predicted molar refractivity (Wildman–Crippen MR) is 60.8 cm³/mol. The summed E-state index contributed by atoms with van der Waals surface area (Å²) in [7, 11) is 0. The fraction of sp³-hybridized carbons (Fsp3) is 0.444. The minimum absolute atomic E-state index is 0.733. The zero-order chi connectivity index (χ0) is 10.2. The van der Waals surface area contributed by atoms with E-state index in [1.807, 2.05) is 12.5 Å². The minimum Gasteiger partial charge on any atom is -0.262 e. The number of rotatable bonds is 5. The van der Waals surface area contributed by atoms with Crippen molar-refractivity contribution in [2.45, 2.75) is 24.9 Å². The van der Waals surface area contributed by atoms with Gasteiger partial charge in [-0.2, -0.15) is 5.10 Å². The Hall–Kier alpha value is -1.10. The van der Waals surface area contributed by atoms with Crippen LogP contribution in [0.15, 0.2) is 22.5 Å². The summed E-state index contributed by atoms with van der Waals surface area (Å²) in [6.07, 6.45) is 7.59. The van der Waals surface area contributed by atoms with E-state index in [1.54, 1.807) is 12.3 Å². The number of hydrogen-bond donors (Lipinski definition) is 1. The number of nitrogens with zero attached hydrogens (tertiary/aromatic N) is 3. The lowest BCUT2D eigenvalue weighted by Gasteiger charge is -1.99. The molecule has 0 aliphatic carbocycles. The molecule has 0 bridgehead atoms. The maximum absolute atomic E-state index is 4.22. The number of hydrazone groups is 1. The van der Waals surface area contributed by atoms with E-state index in [2.05, 4.69) is 27.4 Å². The third kappa shape index (κ3) is 3.74. The average molecular weight is 210 g/mol. The molecular weight excluding hydrogens is 196 g/mol. The molecule has 0 saturated heterocycles. The largest absolute Gasteiger partial charge is 0.262 e. The van der Waals surface area contributed by atoms with Crippen molar-refractivity contribution in [1.29, 1.82) is 0 Å². The first-order valence-electron chi connectivity index (χ1n) is 4.51. The summed E-state index contributed by atoms with van der Waals surface area (Å²) in [4.78, 5) is 8.28. The van der Waals surface area contributed by atoms with E-state index in [0.29, 0.717) is 0 Å². The van der Waals surface area contributed by atoms with Crippen LogP contribution < -0.4 is 5.43 Å². The number of unbranched alkanes of at least 4 members (excludes halogenated alkanes) is 1. The highest BCUT2D eigenvalue weighted by atomic mass is 32.2. The summed E-state index contributed by atoms with van der Waals surface area (Å²) < 4.78 is 0. The molecule has 0 fully saturated rings. The van der Waals surface area contributed by atoms with Crippen molar-refractivity contribution < 1.29 is 0 Å². The maximum atomic E-state index is 4.22. The first-order chi connectivity index (χ1) is 6.86. The van der Waals surface area contributed by atoms with E-state index < -0.39 is 0 Å². The van der Waals surface area contributed by atoms with Crippen LogP contribution in [-0.4, -0.2) is 22.4 Å². The molecule has 1 N–H and O–H groups in total. The van der Waals surface area contributed by atoms with Crippen molar-refractivity contribution in [3.8, 4) is 0 Å². The first-order valence-corrected chi connectivity index (χ1v) is 5.74. The number of hydrogen-bond acceptors (Lipinski definition) is 5. The lowest BCUT2D eigenvalue weighted by molar-refractivity contribution is 0.963. The van der Waals surface area contributed by atoms with E-state index in [4.69, 9.17) is 0 Å². The molecule has 0 unspecified atom stereocenters. The van der Waals surface area contributed by atoms with Crippen LogP contribution in [0.4, 0.5) is 5.82 Å². The Morgan fingerprint density at radius 3 is 3.21 bits per heavy atom. The summed E-state index contributed by atoms with van der Waals surface area (Å²) in [6.45, 7) is 2.11. The highest BCUT2D eigenvalue weighted by Crippen LogP contribution is 2.10. The van der Waals surface area contributed by atoms with Gasteiger partial charge in [0.05, 0.1) is 0 Å². The van der Waals surface area contributed by atoms with Gasteiger partial charge >= 0.3 is 0 Å². The lowest BCUT2D eigenvalue weighted by Crippen LogP contribution is -1.94. The predicted octanol–water partition coefficient (Wildman–Crippen LogP) is 2.40. The van der Waals surface area contributed by atoms with Gasteiger partial charge in [-0.15, -0.1) is 0 Å². The highest BCUT2D eigenvalue weighted by Gasteiger charge is 1.94. The maximum Gasteiger partial charge on any atom is 0.189 e. The standard InChI is InChI=1S/C9H14N4S/c1-3-4-6-11-13-8-5-7-10-9(12-8)14-2/h5-7H,3-4H2,1-2H3,(H,10,12,13)/b11-6-. The first kappa shape index (κ1) is 11.0. The SMILES string of the molecule is CCC/C=N\Nc1ccnc(SC)n1. The Morgan fingerprint density at radius 1 is 1.64 bits per heavy atom. The molecule has 0 radical (unpaired) electrons. The minimum atomic E-state index is 0.733. The monoisotopic (exact) mass is 210 g/mol. The highest BCUT2D eigenvalue weighted by molar-refractivity contribution is 7.98. The second-order valence-electron chi connectivity index (χ2n) is 2.64. The van der Waals surface area contributed by atoms with Crippen LogP contribution in [0.5, 0.6) is 0 Å². The van der Waals surface area contributed by atoms with Crippen molar-refractivity contribution in [2.24, 2.45) is 5.10 Å². The van der Waals surface area contributed by atoms with Crippen LogP contribution in [0.2, 0.25) is 0 Å². The molecule has 0 amide bonds. The number of thioether (sulfide) groups is 1. The zero-order valence-corrected chi connectivity index (χ0v) is 9.21. The fourth-order valence-electron chi connectivity index (χ4n) is 0.807. The Kier molecular flexibility index (Phi) is 4.99. The van der Waals surface area contributed by atoms with Crippen molar-refractivity contribution in [3.63, 3.8) is 0 Å². The van der Waals surface area contributed by atoms with Gasteiger partial charge in [-0.05, 0) is 12.7 Å². The van der Waals surface area contributed by atoms with Gasteiger partial charge in [0.25, 0.3) is 0 Å². The molecule has 0 aliphatic heterocycles. The summed E-state index contributed by atoms with van der Waals surface area (Å²) in [5.74, 6) is 0.733. The van der Waals surface area contributed by atoms with Crippen LogP contribution in [0, 0.1) is 0 Å². The summed E-state index contributed by atoms with van der Waals surface area (Å²) in [5, 5.41) is 4.78. The number of anilines is 1. The van der Waals surface area contributed by atoms with Crippen LogP contribution in [0.1, 0.15) is 19.8 Å². The molecule has 1 aromatic rings. The van der Waals surface area contributed by atoms with Crippen molar-refractivity contribution in [2.75, 3.05) is 11.7 Å². The van der Waals surface area contributed by atoms with Crippen molar-refractivity contribution in [3.05, 3.63) is 12.3 Å². The molecule has 0 saturated carbocycles. The molecule has 0 atom stereocenters. The molecule has 76 valence electrons. The molecule has 4 nitrogen and oxygen atoms in total. The topological polar surface area (TPSA) is 50.2 Å². The molecule has 5 heteroatoms. The van der Waals surface area contributed by atoms with Crippen molar-refractivity contribution >= 4 is 23.8 Å². The van der Waals surface area contributed by atoms with E-state index in [0.717, 1.165) is 23.8 Å². The second kappa shape index (κ2) is 6.37. The molecule has 14 heavy (non-hydrogen) atoms. The van der Waals surface area contributed by atoms with Crippen LogP contribution in [0.25, 0.3) is 0 Å². The smallest absolute Gasteiger partial charge is 0.189 e. The zero-order valence-electron chi connectivity index (χ0n) is 8.40. The molecule has 0 aliphatic rings. The molecular formula is C9H14N4S. The lowest BCUT2D eigenvalue weighted by atomic mass is 10.4. The third-order valence-electron chi connectivity index (χ3n) is 1.50. The van der Waals surface area contributed by atoms with Crippen LogP contribution in [0.3, 0.4) is 0 Å².